The molecule has 0 aliphatic rings. The molecule has 0 aromatic heterocycles. The SMILES string of the molecule is CCCCCOC(=O)Oc1ccc(CC(N)(C[C@H](C)OC(=O)CC)C(=O)O)cc1OC(=O)OCCCCC. The summed E-state index contributed by atoms with van der Waals surface area (Å²) in [7, 11) is 0. The molecular formula is C27H41NO10. The normalized spacial score (nSPS) is 13.1. The summed E-state index contributed by atoms with van der Waals surface area (Å²) in [5, 5.41) is 9.83. The van der Waals surface area contributed by atoms with Crippen molar-refractivity contribution in [2.75, 3.05) is 13.2 Å². The molecule has 1 aromatic carbocycles. The fourth-order valence-electron chi connectivity index (χ4n) is 3.54. The van der Waals surface area contributed by atoms with Gasteiger partial charge in [-0.25, -0.2) is 9.59 Å². The summed E-state index contributed by atoms with van der Waals surface area (Å²) >= 11 is 0. The van der Waals surface area contributed by atoms with Gasteiger partial charge in [0, 0.05) is 19.3 Å². The van der Waals surface area contributed by atoms with Crippen LogP contribution in [0.3, 0.4) is 0 Å². The molecule has 3 N–H and O–H groups in total. The van der Waals surface area contributed by atoms with Gasteiger partial charge in [-0.3, -0.25) is 9.59 Å². The number of carboxylic acids is 1. The smallest absolute Gasteiger partial charge is 0.480 e. The summed E-state index contributed by atoms with van der Waals surface area (Å²) in [6.07, 6.45) is 2.07. The first kappa shape index (κ1) is 32.7. The lowest BCUT2D eigenvalue weighted by Crippen LogP contribution is -2.52. The zero-order valence-electron chi connectivity index (χ0n) is 22.8. The van der Waals surface area contributed by atoms with Crippen molar-refractivity contribution in [3.05, 3.63) is 23.8 Å². The van der Waals surface area contributed by atoms with Crippen molar-refractivity contribution in [1.82, 2.24) is 0 Å². The number of aliphatic carboxylic acids is 1. The van der Waals surface area contributed by atoms with Crippen LogP contribution in [0.25, 0.3) is 0 Å². The lowest BCUT2D eigenvalue weighted by molar-refractivity contribution is -0.153. The second-order valence-corrected chi connectivity index (χ2v) is 9.09. The van der Waals surface area contributed by atoms with E-state index in [9.17, 15) is 24.3 Å². The lowest BCUT2D eigenvalue weighted by atomic mass is 9.86. The van der Waals surface area contributed by atoms with E-state index in [-0.39, 0.29) is 44.0 Å². The van der Waals surface area contributed by atoms with Crippen LogP contribution < -0.4 is 15.2 Å². The molecule has 0 fully saturated rings. The number of carbonyl (C=O) groups excluding carboxylic acids is 3. The van der Waals surface area contributed by atoms with Crippen molar-refractivity contribution in [3.63, 3.8) is 0 Å². The van der Waals surface area contributed by atoms with Gasteiger partial charge in [-0.1, -0.05) is 52.5 Å². The minimum atomic E-state index is -1.80. The van der Waals surface area contributed by atoms with Crippen LogP contribution in [0, 0.1) is 0 Å². The van der Waals surface area contributed by atoms with Gasteiger partial charge in [0.25, 0.3) is 0 Å². The Hall–Kier alpha value is -3.34. The molecule has 0 aliphatic heterocycles. The summed E-state index contributed by atoms with van der Waals surface area (Å²) in [5.41, 5.74) is 4.78. The Labute approximate surface area is 223 Å². The second kappa shape index (κ2) is 17.2. The molecule has 0 saturated carbocycles. The molecule has 1 unspecified atom stereocenters. The van der Waals surface area contributed by atoms with Crippen LogP contribution in [0.1, 0.15) is 84.6 Å². The van der Waals surface area contributed by atoms with Crippen LogP contribution in [0.5, 0.6) is 11.5 Å². The largest absolute Gasteiger partial charge is 0.513 e. The standard InChI is InChI=1S/C27H41NO10/c1-5-8-10-14-34-25(32)37-21-13-12-20(16-22(21)38-26(33)35-15-11-9-6-2)18-27(28,24(30)31)17-19(4)36-23(29)7-3/h12-13,16,19H,5-11,14-15,17-18,28H2,1-4H3,(H,30,31)/t19-,27?/m0/s1. The Balaban J connectivity index is 3.10. The summed E-state index contributed by atoms with van der Waals surface area (Å²) in [5.74, 6) is -2.04. The molecular weight excluding hydrogens is 498 g/mol. The van der Waals surface area contributed by atoms with Gasteiger partial charge in [-0.15, -0.1) is 0 Å². The third kappa shape index (κ3) is 12.3. The highest BCUT2D eigenvalue weighted by molar-refractivity contribution is 5.79. The Kier molecular flexibility index (Phi) is 14.8. The summed E-state index contributed by atoms with van der Waals surface area (Å²) in [6.45, 7) is 7.55. The predicted molar refractivity (Wildman–Crippen MR) is 138 cm³/mol. The molecule has 0 bridgehead atoms. The minimum Gasteiger partial charge on any atom is -0.480 e. The van der Waals surface area contributed by atoms with E-state index in [0.717, 1.165) is 25.7 Å². The first-order valence-corrected chi connectivity index (χ1v) is 13.1. The molecule has 1 aromatic rings. The topological polar surface area (TPSA) is 161 Å². The zero-order valence-corrected chi connectivity index (χ0v) is 22.8. The number of esters is 1. The van der Waals surface area contributed by atoms with Crippen LogP contribution in [0.15, 0.2) is 18.2 Å². The predicted octanol–water partition coefficient (Wildman–Crippen LogP) is 5.15. The molecule has 0 amide bonds. The molecule has 0 radical (unpaired) electrons. The van der Waals surface area contributed by atoms with E-state index in [4.69, 9.17) is 29.4 Å². The van der Waals surface area contributed by atoms with Gasteiger partial charge in [-0.2, -0.15) is 0 Å². The van der Waals surface area contributed by atoms with Gasteiger partial charge in [-0.05, 0) is 37.5 Å². The van der Waals surface area contributed by atoms with Crippen LogP contribution in [0.2, 0.25) is 0 Å². The number of nitrogens with two attached hydrogens (primary N) is 1. The van der Waals surface area contributed by atoms with E-state index in [1.807, 2.05) is 13.8 Å². The Bertz CT molecular complexity index is 919. The number of hydrogen-bond acceptors (Lipinski definition) is 10. The van der Waals surface area contributed by atoms with E-state index in [2.05, 4.69) is 0 Å². The highest BCUT2D eigenvalue weighted by atomic mass is 16.7. The van der Waals surface area contributed by atoms with Gasteiger partial charge >= 0.3 is 24.2 Å². The number of rotatable bonds is 17. The molecule has 2 atom stereocenters. The van der Waals surface area contributed by atoms with E-state index < -0.39 is 35.9 Å². The summed E-state index contributed by atoms with van der Waals surface area (Å²) in [4.78, 5) is 48.0. The Morgan fingerprint density at radius 1 is 0.895 bits per heavy atom. The first-order chi connectivity index (χ1) is 18.0. The average Bonchev–Trinajstić information content (AvgIpc) is 2.85. The third-order valence-corrected chi connectivity index (χ3v) is 5.55. The monoisotopic (exact) mass is 539 g/mol. The quantitative estimate of drug-likeness (QED) is 0.116. The van der Waals surface area contributed by atoms with E-state index in [0.29, 0.717) is 18.4 Å². The fourth-order valence-corrected chi connectivity index (χ4v) is 3.54. The third-order valence-electron chi connectivity index (χ3n) is 5.55. The molecule has 11 nitrogen and oxygen atoms in total. The van der Waals surface area contributed by atoms with Crippen molar-refractivity contribution in [3.8, 4) is 11.5 Å². The van der Waals surface area contributed by atoms with Crippen molar-refractivity contribution in [1.29, 1.82) is 0 Å². The summed E-state index contributed by atoms with van der Waals surface area (Å²) in [6, 6.07) is 4.19. The van der Waals surface area contributed by atoms with Crippen molar-refractivity contribution in [2.24, 2.45) is 5.73 Å². The van der Waals surface area contributed by atoms with Crippen LogP contribution in [0.4, 0.5) is 9.59 Å². The first-order valence-electron chi connectivity index (χ1n) is 13.1. The van der Waals surface area contributed by atoms with Crippen LogP contribution in [-0.2, 0) is 30.2 Å². The van der Waals surface area contributed by atoms with E-state index in [1.165, 1.54) is 18.2 Å². The Morgan fingerprint density at radius 3 is 1.95 bits per heavy atom. The highest BCUT2D eigenvalue weighted by Crippen LogP contribution is 2.31. The molecule has 0 saturated heterocycles. The number of carbonyl (C=O) groups is 4. The maximum Gasteiger partial charge on any atom is 0.513 e. The average molecular weight is 540 g/mol. The minimum absolute atomic E-state index is 0.108. The number of hydrogen-bond donors (Lipinski definition) is 2. The Morgan fingerprint density at radius 2 is 1.45 bits per heavy atom. The number of ether oxygens (including phenoxy) is 5. The summed E-state index contributed by atoms with van der Waals surface area (Å²) < 4.78 is 25.8. The van der Waals surface area contributed by atoms with Crippen LogP contribution >= 0.6 is 0 Å². The van der Waals surface area contributed by atoms with Gasteiger partial charge < -0.3 is 34.5 Å². The van der Waals surface area contributed by atoms with E-state index >= 15 is 0 Å². The van der Waals surface area contributed by atoms with Crippen molar-refractivity contribution >= 4 is 24.2 Å². The van der Waals surface area contributed by atoms with E-state index in [1.54, 1.807) is 13.8 Å². The van der Waals surface area contributed by atoms with Gasteiger partial charge in [0.2, 0.25) is 0 Å². The molecule has 0 spiro atoms. The number of benzene rings is 1. The number of carboxylic acid groups (broad SMARTS) is 1. The molecule has 0 aliphatic carbocycles. The molecule has 11 heteroatoms. The maximum atomic E-state index is 12.3. The second-order valence-electron chi connectivity index (χ2n) is 9.09. The maximum absolute atomic E-state index is 12.3. The van der Waals surface area contributed by atoms with Gasteiger partial charge in [0.15, 0.2) is 11.5 Å². The fraction of sp³-hybridized carbons (Fsp3) is 0.630. The molecule has 1 rings (SSSR count). The number of unbranched alkanes of at least 4 members (excludes halogenated alkanes) is 4. The van der Waals surface area contributed by atoms with Crippen molar-refractivity contribution < 1.29 is 48.0 Å². The molecule has 214 valence electrons. The van der Waals surface area contributed by atoms with Crippen LogP contribution in [-0.4, -0.2) is 54.2 Å². The molecule has 0 heterocycles. The van der Waals surface area contributed by atoms with Gasteiger partial charge in [0.05, 0.1) is 13.2 Å². The zero-order chi connectivity index (χ0) is 28.6. The van der Waals surface area contributed by atoms with Gasteiger partial charge in [0.1, 0.15) is 11.6 Å². The van der Waals surface area contributed by atoms with Crippen molar-refractivity contribution in [2.45, 2.75) is 97.1 Å². The molecule has 38 heavy (non-hydrogen) atoms. The highest BCUT2D eigenvalue weighted by Gasteiger charge is 2.37. The lowest BCUT2D eigenvalue weighted by Gasteiger charge is -2.28.